The summed E-state index contributed by atoms with van der Waals surface area (Å²) in [4.78, 5) is 9.11. The van der Waals surface area contributed by atoms with Gasteiger partial charge in [-0.15, -0.1) is 5.10 Å². The van der Waals surface area contributed by atoms with Crippen LogP contribution in [0.15, 0.2) is 49.1 Å². The Morgan fingerprint density at radius 1 is 1.13 bits per heavy atom. The summed E-state index contributed by atoms with van der Waals surface area (Å²) < 4.78 is 8.25. The molecule has 1 atom stereocenters. The fraction of sp³-hybridized carbons (Fsp3) is 0.304. The summed E-state index contributed by atoms with van der Waals surface area (Å²) in [6.07, 6.45) is 8.31. The predicted octanol–water partition coefficient (Wildman–Crippen LogP) is 4.09. The summed E-state index contributed by atoms with van der Waals surface area (Å²) in [6.45, 7) is 3.53. The Labute approximate surface area is 174 Å². The number of ether oxygens (including phenoxy) is 1. The fourth-order valence-electron chi connectivity index (χ4n) is 4.32. The third-order valence-electron chi connectivity index (χ3n) is 6.04. The second-order valence-corrected chi connectivity index (χ2v) is 8.22. The molecule has 0 bridgehead atoms. The topological polar surface area (TPSA) is 81.5 Å². The number of pyridine rings is 1. The highest BCUT2D eigenvalue weighted by molar-refractivity contribution is 5.67. The minimum Gasteiger partial charge on any atom is -0.492 e. The van der Waals surface area contributed by atoms with E-state index in [-0.39, 0.29) is 0 Å². The number of hydrogen-bond donors (Lipinski definition) is 1. The minimum absolute atomic E-state index is 0.345. The first kappa shape index (κ1) is 17.4. The van der Waals surface area contributed by atoms with Crippen molar-refractivity contribution < 1.29 is 4.74 Å². The number of aromatic nitrogens is 6. The van der Waals surface area contributed by atoms with Crippen LogP contribution in [0, 0.1) is 6.92 Å². The monoisotopic (exact) mass is 398 g/mol. The number of fused-ring (bicyclic) bond motifs is 1. The maximum absolute atomic E-state index is 6.11. The van der Waals surface area contributed by atoms with Crippen molar-refractivity contribution >= 4 is 0 Å². The number of nitrogens with zero attached hydrogens (tertiary/aromatic N) is 5. The molecule has 1 saturated carbocycles. The average Bonchev–Trinajstić information content (AvgIpc) is 3.15. The molecule has 7 nitrogen and oxygen atoms in total. The van der Waals surface area contributed by atoms with E-state index in [2.05, 4.69) is 54.3 Å². The highest BCUT2D eigenvalue weighted by Gasteiger charge is 2.33. The van der Waals surface area contributed by atoms with Crippen molar-refractivity contribution in [3.05, 3.63) is 65.9 Å². The summed E-state index contributed by atoms with van der Waals surface area (Å²) in [6, 6.07) is 10.6. The largest absolute Gasteiger partial charge is 0.492 e. The van der Waals surface area contributed by atoms with Crippen LogP contribution >= 0.6 is 0 Å². The van der Waals surface area contributed by atoms with Gasteiger partial charge in [-0.1, -0.05) is 23.4 Å². The lowest BCUT2D eigenvalue weighted by Crippen LogP contribution is -2.09. The van der Waals surface area contributed by atoms with Gasteiger partial charge in [0.15, 0.2) is 0 Å². The molecule has 0 amide bonds. The molecule has 150 valence electrons. The molecule has 0 unspecified atom stereocenters. The molecule has 0 spiro atoms. The molecule has 1 fully saturated rings. The second kappa shape index (κ2) is 6.79. The first-order valence-electron chi connectivity index (χ1n) is 10.4. The van der Waals surface area contributed by atoms with Gasteiger partial charge in [0.05, 0.1) is 24.3 Å². The SMILES string of the molecule is Cc1[nH]nnc1-c1ccnc(-c2cn(C[C@@H]3COc4c(C5CC5)cccc43)cn2)c1. The van der Waals surface area contributed by atoms with Gasteiger partial charge in [0.1, 0.15) is 17.1 Å². The first-order chi connectivity index (χ1) is 14.8. The zero-order valence-corrected chi connectivity index (χ0v) is 16.7. The van der Waals surface area contributed by atoms with E-state index in [0.717, 1.165) is 47.2 Å². The molecule has 4 aromatic rings. The van der Waals surface area contributed by atoms with Crippen molar-refractivity contribution in [1.82, 2.24) is 29.9 Å². The van der Waals surface area contributed by atoms with E-state index in [1.807, 2.05) is 25.4 Å². The van der Waals surface area contributed by atoms with Gasteiger partial charge in [0.2, 0.25) is 0 Å². The molecule has 0 radical (unpaired) electrons. The fourth-order valence-corrected chi connectivity index (χ4v) is 4.32. The van der Waals surface area contributed by atoms with E-state index in [1.54, 1.807) is 6.20 Å². The van der Waals surface area contributed by atoms with E-state index < -0.39 is 0 Å². The van der Waals surface area contributed by atoms with E-state index >= 15 is 0 Å². The number of imidazole rings is 1. The molecule has 4 heterocycles. The molecular weight excluding hydrogens is 376 g/mol. The number of aryl methyl sites for hydroxylation is 1. The molecule has 2 aliphatic rings. The lowest BCUT2D eigenvalue weighted by molar-refractivity contribution is 0.316. The van der Waals surface area contributed by atoms with Crippen molar-refractivity contribution in [3.63, 3.8) is 0 Å². The summed E-state index contributed by atoms with van der Waals surface area (Å²) in [5, 5.41) is 10.9. The van der Waals surface area contributed by atoms with E-state index in [4.69, 9.17) is 4.74 Å². The van der Waals surface area contributed by atoms with E-state index in [9.17, 15) is 0 Å². The predicted molar refractivity (Wildman–Crippen MR) is 112 cm³/mol. The minimum atomic E-state index is 0.345. The van der Waals surface area contributed by atoms with Crippen molar-refractivity contribution in [3.8, 4) is 28.4 Å². The quantitative estimate of drug-likeness (QED) is 0.548. The molecular formula is C23H22N6O. The number of hydrogen-bond acceptors (Lipinski definition) is 5. The third-order valence-corrected chi connectivity index (χ3v) is 6.04. The zero-order valence-electron chi connectivity index (χ0n) is 16.7. The van der Waals surface area contributed by atoms with Gasteiger partial charge in [0.25, 0.3) is 0 Å². The van der Waals surface area contributed by atoms with Gasteiger partial charge in [0, 0.05) is 36.0 Å². The maximum atomic E-state index is 6.11. The number of nitrogens with one attached hydrogen (secondary N) is 1. The smallest absolute Gasteiger partial charge is 0.126 e. The number of para-hydroxylation sites is 1. The number of rotatable bonds is 5. The van der Waals surface area contributed by atoms with Gasteiger partial charge in [-0.3, -0.25) is 10.1 Å². The van der Waals surface area contributed by atoms with Crippen molar-refractivity contribution in [2.45, 2.75) is 38.1 Å². The Kier molecular flexibility index (Phi) is 3.94. The van der Waals surface area contributed by atoms with Gasteiger partial charge in [-0.2, -0.15) is 0 Å². The third kappa shape index (κ3) is 2.98. The molecule has 1 aliphatic heterocycles. The van der Waals surface area contributed by atoms with Crippen LogP contribution in [0.3, 0.4) is 0 Å². The number of aromatic amines is 1. The highest BCUT2D eigenvalue weighted by atomic mass is 16.5. The molecule has 1 aliphatic carbocycles. The molecule has 1 aromatic carbocycles. The van der Waals surface area contributed by atoms with Crippen LogP contribution in [0.25, 0.3) is 22.6 Å². The van der Waals surface area contributed by atoms with Crippen molar-refractivity contribution in [2.75, 3.05) is 6.61 Å². The van der Waals surface area contributed by atoms with E-state index in [0.29, 0.717) is 11.8 Å². The molecule has 6 rings (SSSR count). The standard InChI is InChI=1S/C23H22N6O/c1-14-22(27-28-26-14)16-7-8-24-20(9-16)21-11-29(13-25-21)10-17-12-30-23-18(15-5-6-15)3-2-4-19(17)23/h2-4,7-9,11,13,15,17H,5-6,10,12H2,1H3,(H,26,27,28)/t17-/m1/s1. The first-order valence-corrected chi connectivity index (χ1v) is 10.4. The normalized spacial score (nSPS) is 17.7. The average molecular weight is 398 g/mol. The van der Waals surface area contributed by atoms with Gasteiger partial charge < -0.3 is 9.30 Å². The summed E-state index contributed by atoms with van der Waals surface area (Å²) in [5.41, 5.74) is 7.15. The van der Waals surface area contributed by atoms with Crippen molar-refractivity contribution in [1.29, 1.82) is 0 Å². The Balaban J connectivity index is 1.25. The summed E-state index contributed by atoms with van der Waals surface area (Å²) >= 11 is 0. The lowest BCUT2D eigenvalue weighted by atomic mass is 9.97. The molecule has 0 saturated heterocycles. The van der Waals surface area contributed by atoms with Gasteiger partial charge in [-0.05, 0) is 43.4 Å². The van der Waals surface area contributed by atoms with Gasteiger partial charge in [-0.25, -0.2) is 4.98 Å². The van der Waals surface area contributed by atoms with Crippen LogP contribution in [0.2, 0.25) is 0 Å². The zero-order chi connectivity index (χ0) is 20.1. The Morgan fingerprint density at radius 3 is 2.87 bits per heavy atom. The summed E-state index contributed by atoms with van der Waals surface area (Å²) in [7, 11) is 0. The molecule has 30 heavy (non-hydrogen) atoms. The molecule has 3 aromatic heterocycles. The Hall–Kier alpha value is -3.48. The summed E-state index contributed by atoms with van der Waals surface area (Å²) in [5.74, 6) is 2.17. The molecule has 7 heteroatoms. The second-order valence-electron chi connectivity index (χ2n) is 8.22. The number of H-pyrrole nitrogens is 1. The van der Waals surface area contributed by atoms with Crippen LogP contribution in [0.1, 0.15) is 41.5 Å². The van der Waals surface area contributed by atoms with E-state index in [1.165, 1.54) is 24.0 Å². The van der Waals surface area contributed by atoms with Crippen molar-refractivity contribution in [2.24, 2.45) is 0 Å². The lowest BCUT2D eigenvalue weighted by Gasteiger charge is -2.10. The maximum Gasteiger partial charge on any atom is 0.126 e. The van der Waals surface area contributed by atoms with Crippen LogP contribution in [-0.4, -0.2) is 36.6 Å². The Bertz CT molecular complexity index is 1220. The van der Waals surface area contributed by atoms with Crippen LogP contribution in [0.4, 0.5) is 0 Å². The van der Waals surface area contributed by atoms with Crippen LogP contribution < -0.4 is 4.74 Å². The van der Waals surface area contributed by atoms with Crippen LogP contribution in [-0.2, 0) is 6.54 Å². The number of benzene rings is 1. The van der Waals surface area contributed by atoms with Gasteiger partial charge >= 0.3 is 0 Å². The highest BCUT2D eigenvalue weighted by Crippen LogP contribution is 2.48. The Morgan fingerprint density at radius 2 is 2.03 bits per heavy atom. The molecule has 1 N–H and O–H groups in total. The van der Waals surface area contributed by atoms with Crippen LogP contribution in [0.5, 0.6) is 5.75 Å².